The number of nitrogens with zero attached hydrogens (tertiary/aromatic N) is 1. The lowest BCUT2D eigenvalue weighted by atomic mass is 9.84. The molecule has 0 radical (unpaired) electrons. The summed E-state index contributed by atoms with van der Waals surface area (Å²) in [7, 11) is 0. The van der Waals surface area contributed by atoms with Crippen LogP contribution in [0.1, 0.15) is 56.1 Å². The van der Waals surface area contributed by atoms with E-state index < -0.39 is 0 Å². The fourth-order valence-corrected chi connectivity index (χ4v) is 2.49. The monoisotopic (exact) mass is 217 g/mol. The van der Waals surface area contributed by atoms with Crippen molar-refractivity contribution in [2.24, 2.45) is 5.16 Å². The zero-order valence-corrected chi connectivity index (χ0v) is 9.82. The van der Waals surface area contributed by atoms with Gasteiger partial charge < -0.3 is 5.21 Å². The highest BCUT2D eigenvalue weighted by atomic mass is 16.4. The van der Waals surface area contributed by atoms with Gasteiger partial charge in [-0.15, -0.1) is 0 Å². The summed E-state index contributed by atoms with van der Waals surface area (Å²) < 4.78 is 0. The minimum Gasteiger partial charge on any atom is -0.411 e. The maximum Gasteiger partial charge on any atom is 0.0836 e. The summed E-state index contributed by atoms with van der Waals surface area (Å²) in [6.45, 7) is 1.82. The second-order valence-corrected chi connectivity index (χ2v) is 4.64. The van der Waals surface area contributed by atoms with E-state index >= 15 is 0 Å². The molecule has 0 aliphatic heterocycles. The first-order valence-corrected chi connectivity index (χ1v) is 6.10. The van der Waals surface area contributed by atoms with Gasteiger partial charge in [-0.1, -0.05) is 48.7 Å². The van der Waals surface area contributed by atoms with E-state index in [9.17, 15) is 0 Å². The first-order valence-electron chi connectivity index (χ1n) is 6.10. The van der Waals surface area contributed by atoms with E-state index in [0.717, 1.165) is 11.5 Å². The van der Waals surface area contributed by atoms with Crippen LogP contribution in [-0.2, 0) is 0 Å². The Hall–Kier alpha value is -1.31. The molecule has 1 saturated carbocycles. The molecule has 86 valence electrons. The lowest BCUT2D eigenvalue weighted by Crippen LogP contribution is -2.04. The van der Waals surface area contributed by atoms with Crippen LogP contribution in [0.5, 0.6) is 0 Å². The molecule has 0 amide bonds. The summed E-state index contributed by atoms with van der Waals surface area (Å²) in [6.07, 6.45) is 6.77. The highest BCUT2D eigenvalue weighted by Gasteiger charge is 2.15. The molecule has 0 spiro atoms. The maximum atomic E-state index is 8.69. The Labute approximate surface area is 97.0 Å². The number of hydrogen-bond acceptors (Lipinski definition) is 2. The van der Waals surface area contributed by atoms with E-state index in [1.165, 1.54) is 37.7 Å². The lowest BCUT2D eigenvalue weighted by molar-refractivity contribution is 0.319. The van der Waals surface area contributed by atoms with Gasteiger partial charge in [0.25, 0.3) is 0 Å². The van der Waals surface area contributed by atoms with Crippen LogP contribution in [-0.4, -0.2) is 10.9 Å². The number of rotatable bonds is 2. The van der Waals surface area contributed by atoms with Gasteiger partial charge in [0.15, 0.2) is 0 Å². The molecule has 0 aromatic heterocycles. The Bertz CT molecular complexity index is 361. The SMILES string of the molecule is C/C(=N\O)c1ccc(C2CCCCC2)cc1. The maximum absolute atomic E-state index is 8.69. The third-order valence-corrected chi connectivity index (χ3v) is 3.56. The van der Waals surface area contributed by atoms with Crippen molar-refractivity contribution in [3.05, 3.63) is 35.4 Å². The first kappa shape index (κ1) is 11.2. The Morgan fingerprint density at radius 2 is 1.75 bits per heavy atom. The van der Waals surface area contributed by atoms with E-state index in [-0.39, 0.29) is 0 Å². The third-order valence-electron chi connectivity index (χ3n) is 3.56. The number of oxime groups is 1. The molecule has 0 heterocycles. The van der Waals surface area contributed by atoms with Gasteiger partial charge in [-0.2, -0.15) is 0 Å². The molecule has 0 bridgehead atoms. The van der Waals surface area contributed by atoms with E-state index in [1.807, 2.05) is 6.92 Å². The van der Waals surface area contributed by atoms with Gasteiger partial charge in [0, 0.05) is 0 Å². The zero-order chi connectivity index (χ0) is 11.4. The van der Waals surface area contributed by atoms with E-state index in [4.69, 9.17) is 5.21 Å². The van der Waals surface area contributed by atoms with Gasteiger partial charge in [0.2, 0.25) is 0 Å². The van der Waals surface area contributed by atoms with Crippen molar-refractivity contribution in [3.63, 3.8) is 0 Å². The summed E-state index contributed by atoms with van der Waals surface area (Å²) in [5.74, 6) is 0.745. The number of hydrogen-bond donors (Lipinski definition) is 1. The van der Waals surface area contributed by atoms with Crippen LogP contribution in [0.15, 0.2) is 29.4 Å². The first-order chi connectivity index (χ1) is 7.81. The predicted octanol–water partition coefficient (Wildman–Crippen LogP) is 3.93. The van der Waals surface area contributed by atoms with E-state index in [1.54, 1.807) is 0 Å². The summed E-state index contributed by atoms with van der Waals surface area (Å²) >= 11 is 0. The minimum absolute atomic E-state index is 0.676. The van der Waals surface area contributed by atoms with Crippen LogP contribution in [0.2, 0.25) is 0 Å². The van der Waals surface area contributed by atoms with Crippen LogP contribution in [0.3, 0.4) is 0 Å². The fraction of sp³-hybridized carbons (Fsp3) is 0.500. The van der Waals surface area contributed by atoms with Gasteiger partial charge in [-0.05, 0) is 36.8 Å². The van der Waals surface area contributed by atoms with Gasteiger partial charge in [-0.25, -0.2) is 0 Å². The van der Waals surface area contributed by atoms with Crippen LogP contribution >= 0.6 is 0 Å². The van der Waals surface area contributed by atoms with Crippen molar-refractivity contribution in [3.8, 4) is 0 Å². The van der Waals surface area contributed by atoms with Crippen molar-refractivity contribution >= 4 is 5.71 Å². The van der Waals surface area contributed by atoms with Crippen molar-refractivity contribution in [1.82, 2.24) is 0 Å². The van der Waals surface area contributed by atoms with Crippen LogP contribution in [0, 0.1) is 0 Å². The Kier molecular flexibility index (Phi) is 3.60. The average Bonchev–Trinajstić information content (AvgIpc) is 2.39. The highest BCUT2D eigenvalue weighted by Crippen LogP contribution is 2.32. The summed E-state index contributed by atoms with van der Waals surface area (Å²) in [5.41, 5.74) is 3.12. The third kappa shape index (κ3) is 2.43. The quantitative estimate of drug-likeness (QED) is 0.454. The molecule has 1 aromatic rings. The summed E-state index contributed by atoms with van der Waals surface area (Å²) in [6, 6.07) is 8.47. The van der Waals surface area contributed by atoms with Gasteiger partial charge >= 0.3 is 0 Å². The Morgan fingerprint density at radius 3 is 2.31 bits per heavy atom. The molecule has 1 aliphatic rings. The van der Waals surface area contributed by atoms with Crippen LogP contribution in [0.25, 0.3) is 0 Å². The van der Waals surface area contributed by atoms with Gasteiger partial charge in [-0.3, -0.25) is 0 Å². The van der Waals surface area contributed by atoms with Gasteiger partial charge in [0.05, 0.1) is 5.71 Å². The molecule has 2 rings (SSSR count). The minimum atomic E-state index is 0.676. The predicted molar refractivity (Wildman–Crippen MR) is 66.3 cm³/mol. The summed E-state index contributed by atoms with van der Waals surface area (Å²) in [5, 5.41) is 11.9. The lowest BCUT2D eigenvalue weighted by Gasteiger charge is -2.22. The average molecular weight is 217 g/mol. The molecule has 1 N–H and O–H groups in total. The molecule has 2 heteroatoms. The van der Waals surface area contributed by atoms with E-state index in [0.29, 0.717) is 5.71 Å². The molecule has 0 atom stereocenters. The molecule has 0 unspecified atom stereocenters. The standard InChI is InChI=1S/C14H19NO/c1-11(15-16)12-7-9-14(10-8-12)13-5-3-2-4-6-13/h7-10,13,16H,2-6H2,1H3/b15-11+. The molecule has 2 nitrogen and oxygen atoms in total. The molecule has 0 saturated heterocycles. The fourth-order valence-electron chi connectivity index (χ4n) is 2.49. The normalized spacial score (nSPS) is 18.7. The highest BCUT2D eigenvalue weighted by molar-refractivity contribution is 5.98. The summed E-state index contributed by atoms with van der Waals surface area (Å²) in [4.78, 5) is 0. The van der Waals surface area contributed by atoms with Crippen LogP contribution < -0.4 is 0 Å². The molecular formula is C14H19NO. The molecular weight excluding hydrogens is 198 g/mol. The van der Waals surface area contributed by atoms with Crippen molar-refractivity contribution in [1.29, 1.82) is 0 Å². The second kappa shape index (κ2) is 5.15. The Balaban J connectivity index is 2.12. The van der Waals surface area contributed by atoms with Crippen molar-refractivity contribution < 1.29 is 5.21 Å². The van der Waals surface area contributed by atoms with Gasteiger partial charge in [0.1, 0.15) is 0 Å². The second-order valence-electron chi connectivity index (χ2n) is 4.64. The molecule has 1 aliphatic carbocycles. The largest absolute Gasteiger partial charge is 0.411 e. The van der Waals surface area contributed by atoms with Crippen molar-refractivity contribution in [2.75, 3.05) is 0 Å². The topological polar surface area (TPSA) is 32.6 Å². The number of benzene rings is 1. The smallest absolute Gasteiger partial charge is 0.0836 e. The zero-order valence-electron chi connectivity index (χ0n) is 9.82. The molecule has 1 fully saturated rings. The van der Waals surface area contributed by atoms with Crippen LogP contribution in [0.4, 0.5) is 0 Å². The molecule has 1 aromatic carbocycles. The Morgan fingerprint density at radius 1 is 1.12 bits per heavy atom. The van der Waals surface area contributed by atoms with Crippen molar-refractivity contribution in [2.45, 2.75) is 44.9 Å². The molecule has 16 heavy (non-hydrogen) atoms. The van der Waals surface area contributed by atoms with E-state index in [2.05, 4.69) is 29.4 Å².